The molecule has 2 amide bonds. The Morgan fingerprint density at radius 1 is 0.921 bits per heavy atom. The van der Waals surface area contributed by atoms with E-state index in [9.17, 15) is 32.9 Å². The molecule has 2 heterocycles. The summed E-state index contributed by atoms with van der Waals surface area (Å²) in [5, 5.41) is 16.7. The van der Waals surface area contributed by atoms with E-state index in [1.807, 2.05) is 9.80 Å². The summed E-state index contributed by atoms with van der Waals surface area (Å²) in [6.45, 7) is 1.94. The zero-order valence-corrected chi connectivity index (χ0v) is 21.0. The van der Waals surface area contributed by atoms with Gasteiger partial charge in [0, 0.05) is 62.8 Å². The molecule has 2 fully saturated rings. The summed E-state index contributed by atoms with van der Waals surface area (Å²) in [7, 11) is 0. The van der Waals surface area contributed by atoms with Gasteiger partial charge in [-0.25, -0.2) is 0 Å². The number of halogens is 3. The van der Waals surface area contributed by atoms with Gasteiger partial charge in [0.25, 0.3) is 11.6 Å². The van der Waals surface area contributed by atoms with Crippen molar-refractivity contribution in [3.05, 3.63) is 58.1 Å². The molecule has 2 N–H and O–H groups in total. The molecule has 0 saturated carbocycles. The van der Waals surface area contributed by atoms with E-state index in [2.05, 4.69) is 10.6 Å². The number of piperazine rings is 1. The van der Waals surface area contributed by atoms with E-state index in [1.54, 1.807) is 30.3 Å². The minimum absolute atomic E-state index is 0.000838. The van der Waals surface area contributed by atoms with Crippen LogP contribution < -0.4 is 20.4 Å². The smallest absolute Gasteiger partial charge is 0.371 e. The number of carbonyl (C=O) groups excluding carboxylic acids is 2. The highest BCUT2D eigenvalue weighted by Gasteiger charge is 2.43. The number of nitro benzene ring substituents is 1. The van der Waals surface area contributed by atoms with E-state index < -0.39 is 22.9 Å². The van der Waals surface area contributed by atoms with Crippen molar-refractivity contribution >= 4 is 51.9 Å². The second kappa shape index (κ2) is 11.2. The zero-order valence-electron chi connectivity index (χ0n) is 20.2. The summed E-state index contributed by atoms with van der Waals surface area (Å²) in [6, 6.07) is 11.1. The normalized spacial score (nSPS) is 15.8. The van der Waals surface area contributed by atoms with Gasteiger partial charge in [-0.05, 0) is 55.4 Å². The van der Waals surface area contributed by atoms with Gasteiger partial charge in [-0.3, -0.25) is 25.0 Å². The van der Waals surface area contributed by atoms with Crippen molar-refractivity contribution in [3.63, 3.8) is 0 Å². The Morgan fingerprint density at radius 2 is 1.55 bits per heavy atom. The fourth-order valence-electron chi connectivity index (χ4n) is 4.49. The van der Waals surface area contributed by atoms with Crippen LogP contribution in [0.4, 0.5) is 35.9 Å². The van der Waals surface area contributed by atoms with E-state index in [4.69, 9.17) is 12.2 Å². The van der Waals surface area contributed by atoms with Crippen LogP contribution in [0.2, 0.25) is 0 Å². The molecule has 2 aromatic rings. The van der Waals surface area contributed by atoms with Crippen LogP contribution in [0.1, 0.15) is 23.2 Å². The van der Waals surface area contributed by atoms with E-state index in [0.29, 0.717) is 11.4 Å². The van der Waals surface area contributed by atoms with Gasteiger partial charge in [-0.2, -0.15) is 13.2 Å². The standard InChI is InChI=1S/C24H25F3N6O4S/c25-24(26,27)22(35)32-13-11-30(12-14-32)17-5-3-16(4-6-17)28-23(38)29-21(34)19-15-18(33(36)37)7-8-20(19)31-9-1-2-10-31/h3-8,15H,1-2,9-14H2,(H2,28,29,34,38). The molecule has 0 radical (unpaired) electrons. The van der Waals surface area contributed by atoms with Crippen molar-refractivity contribution in [1.29, 1.82) is 0 Å². The molecule has 0 aliphatic carbocycles. The molecule has 0 atom stereocenters. The summed E-state index contributed by atoms with van der Waals surface area (Å²) in [6.07, 6.45) is -2.95. The molecule has 202 valence electrons. The van der Waals surface area contributed by atoms with Crippen molar-refractivity contribution in [3.8, 4) is 0 Å². The number of rotatable bonds is 5. The Bertz CT molecular complexity index is 1230. The van der Waals surface area contributed by atoms with Gasteiger partial charge >= 0.3 is 12.1 Å². The molecular formula is C24H25F3N6O4S. The minimum Gasteiger partial charge on any atom is -0.371 e. The van der Waals surface area contributed by atoms with Crippen molar-refractivity contribution < 1.29 is 27.7 Å². The lowest BCUT2D eigenvalue weighted by Crippen LogP contribution is -2.52. The number of nitro groups is 1. The Balaban J connectivity index is 1.36. The molecule has 0 unspecified atom stereocenters. The largest absolute Gasteiger partial charge is 0.471 e. The van der Waals surface area contributed by atoms with E-state index in [-0.39, 0.29) is 42.5 Å². The van der Waals surface area contributed by atoms with Gasteiger partial charge in [-0.1, -0.05) is 0 Å². The lowest BCUT2D eigenvalue weighted by atomic mass is 10.1. The van der Waals surface area contributed by atoms with E-state index in [0.717, 1.165) is 36.5 Å². The Hall–Kier alpha value is -3.94. The zero-order chi connectivity index (χ0) is 27.4. The molecule has 0 spiro atoms. The first-order chi connectivity index (χ1) is 18.0. The lowest BCUT2D eigenvalue weighted by molar-refractivity contribution is -0.384. The monoisotopic (exact) mass is 550 g/mol. The SMILES string of the molecule is O=C(NC(=S)Nc1ccc(N2CCN(C(=O)C(F)(F)F)CC2)cc1)c1cc([N+](=O)[O-])ccc1N1CCCC1. The summed E-state index contributed by atoms with van der Waals surface area (Å²) in [5.41, 5.74) is 1.88. The highest BCUT2D eigenvalue weighted by molar-refractivity contribution is 7.80. The maximum atomic E-state index is 13.0. The summed E-state index contributed by atoms with van der Waals surface area (Å²) < 4.78 is 37.9. The number of nitrogens with zero attached hydrogens (tertiary/aromatic N) is 4. The lowest BCUT2D eigenvalue weighted by Gasteiger charge is -2.36. The van der Waals surface area contributed by atoms with Crippen LogP contribution in [0, 0.1) is 10.1 Å². The first-order valence-electron chi connectivity index (χ1n) is 11.9. The predicted octanol–water partition coefficient (Wildman–Crippen LogP) is 3.53. The number of nitrogens with one attached hydrogen (secondary N) is 2. The van der Waals surface area contributed by atoms with Gasteiger partial charge < -0.3 is 20.0 Å². The summed E-state index contributed by atoms with van der Waals surface area (Å²) >= 11 is 5.27. The quantitative estimate of drug-likeness (QED) is 0.331. The van der Waals surface area contributed by atoms with Gasteiger partial charge in [0.15, 0.2) is 5.11 Å². The topological polar surface area (TPSA) is 111 Å². The van der Waals surface area contributed by atoms with Crippen molar-refractivity contribution in [2.24, 2.45) is 0 Å². The number of amides is 2. The molecule has 4 rings (SSSR count). The Morgan fingerprint density at radius 3 is 2.13 bits per heavy atom. The maximum absolute atomic E-state index is 13.0. The van der Waals surface area contributed by atoms with E-state index in [1.165, 1.54) is 12.1 Å². The van der Waals surface area contributed by atoms with Gasteiger partial charge in [0.05, 0.1) is 16.2 Å². The third-order valence-corrected chi connectivity index (χ3v) is 6.61. The average molecular weight is 551 g/mol. The number of thiocarbonyl (C=S) groups is 1. The number of benzene rings is 2. The molecule has 2 saturated heterocycles. The Labute approximate surface area is 221 Å². The third-order valence-electron chi connectivity index (χ3n) is 6.41. The van der Waals surface area contributed by atoms with Crippen LogP contribution in [0.5, 0.6) is 0 Å². The molecular weight excluding hydrogens is 525 g/mol. The van der Waals surface area contributed by atoms with Crippen LogP contribution in [0.3, 0.4) is 0 Å². The first-order valence-corrected chi connectivity index (χ1v) is 12.3. The molecule has 0 aromatic heterocycles. The van der Waals surface area contributed by atoms with Crippen LogP contribution in [-0.4, -0.2) is 72.2 Å². The van der Waals surface area contributed by atoms with Crippen LogP contribution >= 0.6 is 12.2 Å². The van der Waals surface area contributed by atoms with E-state index >= 15 is 0 Å². The minimum atomic E-state index is -4.88. The molecule has 14 heteroatoms. The third kappa shape index (κ3) is 6.30. The second-order valence-corrected chi connectivity index (χ2v) is 9.29. The highest BCUT2D eigenvalue weighted by Crippen LogP contribution is 2.28. The second-order valence-electron chi connectivity index (χ2n) is 8.88. The van der Waals surface area contributed by atoms with Crippen LogP contribution in [-0.2, 0) is 4.79 Å². The fourth-order valence-corrected chi connectivity index (χ4v) is 4.70. The Kier molecular flexibility index (Phi) is 7.99. The maximum Gasteiger partial charge on any atom is 0.471 e. The molecule has 38 heavy (non-hydrogen) atoms. The predicted molar refractivity (Wildman–Crippen MR) is 140 cm³/mol. The van der Waals surface area contributed by atoms with Gasteiger partial charge in [0.2, 0.25) is 0 Å². The van der Waals surface area contributed by atoms with Crippen molar-refractivity contribution in [1.82, 2.24) is 10.2 Å². The highest BCUT2D eigenvalue weighted by atomic mass is 32.1. The van der Waals surface area contributed by atoms with Gasteiger partial charge in [0.1, 0.15) is 0 Å². The van der Waals surface area contributed by atoms with Crippen molar-refractivity contribution in [2.75, 3.05) is 54.4 Å². The number of alkyl halides is 3. The number of hydrogen-bond donors (Lipinski definition) is 2. The van der Waals surface area contributed by atoms with Crippen LogP contribution in [0.25, 0.3) is 0 Å². The molecule has 2 aliphatic rings. The average Bonchev–Trinajstić information content (AvgIpc) is 3.43. The number of hydrogen-bond acceptors (Lipinski definition) is 7. The number of carbonyl (C=O) groups is 2. The number of non-ortho nitro benzene ring substituents is 1. The van der Waals surface area contributed by atoms with Gasteiger partial charge in [-0.15, -0.1) is 0 Å². The number of anilines is 3. The van der Waals surface area contributed by atoms with Crippen LogP contribution in [0.15, 0.2) is 42.5 Å². The summed E-state index contributed by atoms with van der Waals surface area (Å²) in [4.78, 5) is 39.8. The molecule has 10 nitrogen and oxygen atoms in total. The first kappa shape index (κ1) is 27.1. The molecule has 0 bridgehead atoms. The molecule has 2 aliphatic heterocycles. The van der Waals surface area contributed by atoms with Crippen molar-refractivity contribution in [2.45, 2.75) is 19.0 Å². The molecule has 2 aromatic carbocycles. The fraction of sp³-hybridized carbons (Fsp3) is 0.375. The summed E-state index contributed by atoms with van der Waals surface area (Å²) in [5.74, 6) is -2.40.